The van der Waals surface area contributed by atoms with Gasteiger partial charge < -0.3 is 10.1 Å². The molecule has 1 unspecified atom stereocenters. The van der Waals surface area contributed by atoms with E-state index in [9.17, 15) is 9.59 Å². The maximum Gasteiger partial charge on any atom is 0.257 e. The fraction of sp³-hybridized carbons (Fsp3) is 0.786. The van der Waals surface area contributed by atoms with Gasteiger partial charge in [-0.25, -0.2) is 0 Å². The van der Waals surface area contributed by atoms with E-state index >= 15 is 0 Å². The molecule has 1 N–H and O–H groups in total. The van der Waals surface area contributed by atoms with Crippen molar-refractivity contribution in [3.8, 4) is 0 Å². The number of unbranched alkanes of at least 4 members (excludes halogenated alkanes) is 1. The predicted molar refractivity (Wildman–Crippen MR) is 77.6 cm³/mol. The molecule has 0 spiro atoms. The van der Waals surface area contributed by atoms with Crippen LogP contribution >= 0.6 is 0 Å². The largest absolute Gasteiger partial charge is 0.375 e. The van der Waals surface area contributed by atoms with Gasteiger partial charge in [-0.15, -0.1) is 0 Å². The van der Waals surface area contributed by atoms with Crippen molar-refractivity contribution in [3.05, 3.63) is 0 Å². The van der Waals surface area contributed by atoms with Crippen LogP contribution in [0.3, 0.4) is 0 Å². The van der Waals surface area contributed by atoms with Gasteiger partial charge in [0.1, 0.15) is 12.4 Å². The number of hydrogen-bond acceptors (Lipinski definition) is 4. The second kappa shape index (κ2) is 7.38. The predicted octanol–water partition coefficient (Wildman–Crippen LogP) is 0.959. The highest BCUT2D eigenvalue weighted by Gasteiger charge is 2.43. The zero-order chi connectivity index (χ0) is 15.2. The number of ether oxygens (including phenoxy) is 1. The molecule has 0 saturated heterocycles. The quantitative estimate of drug-likeness (QED) is 0.721. The summed E-state index contributed by atoms with van der Waals surface area (Å²) in [4.78, 5) is 30.2. The summed E-state index contributed by atoms with van der Waals surface area (Å²) < 4.78 is 4.75. The number of hydrogen-bond donors (Lipinski definition) is 1. The van der Waals surface area contributed by atoms with Gasteiger partial charge in [0.25, 0.3) is 5.91 Å². The van der Waals surface area contributed by atoms with Crippen LogP contribution in [-0.2, 0) is 14.3 Å². The smallest absolute Gasteiger partial charge is 0.257 e. The summed E-state index contributed by atoms with van der Waals surface area (Å²) >= 11 is 0. The molecule has 1 atom stereocenters. The SMILES string of the molecule is CCCCC1=NC(C)(CNC(=O)COC)C(=O)N1CC. The minimum absolute atomic E-state index is 0.00579. The van der Waals surface area contributed by atoms with Gasteiger partial charge in [0.05, 0.1) is 6.54 Å². The minimum Gasteiger partial charge on any atom is -0.375 e. The number of aliphatic imine (C=N–C) groups is 1. The van der Waals surface area contributed by atoms with E-state index < -0.39 is 5.54 Å². The summed E-state index contributed by atoms with van der Waals surface area (Å²) in [5.74, 6) is 0.563. The van der Waals surface area contributed by atoms with Crippen molar-refractivity contribution >= 4 is 17.6 Å². The van der Waals surface area contributed by atoms with E-state index in [1.165, 1.54) is 7.11 Å². The normalized spacial score (nSPS) is 22.1. The molecule has 1 aliphatic heterocycles. The number of methoxy groups -OCH3 is 1. The van der Waals surface area contributed by atoms with Gasteiger partial charge >= 0.3 is 0 Å². The Labute approximate surface area is 120 Å². The van der Waals surface area contributed by atoms with E-state index in [-0.39, 0.29) is 25.0 Å². The molecule has 20 heavy (non-hydrogen) atoms. The van der Waals surface area contributed by atoms with Gasteiger partial charge in [-0.1, -0.05) is 13.3 Å². The second-order valence-electron chi connectivity index (χ2n) is 5.16. The van der Waals surface area contributed by atoms with Crippen molar-refractivity contribution in [1.29, 1.82) is 0 Å². The summed E-state index contributed by atoms with van der Waals surface area (Å²) in [6.45, 7) is 6.63. The first-order chi connectivity index (χ1) is 9.48. The third-order valence-electron chi connectivity index (χ3n) is 3.37. The monoisotopic (exact) mass is 283 g/mol. The summed E-state index contributed by atoms with van der Waals surface area (Å²) in [7, 11) is 1.46. The van der Waals surface area contributed by atoms with Crippen molar-refractivity contribution in [3.63, 3.8) is 0 Å². The molecule has 0 fully saturated rings. The zero-order valence-corrected chi connectivity index (χ0v) is 12.9. The van der Waals surface area contributed by atoms with Gasteiger partial charge in [0.2, 0.25) is 5.91 Å². The van der Waals surface area contributed by atoms with E-state index in [1.807, 2.05) is 6.92 Å². The molecule has 6 nitrogen and oxygen atoms in total. The number of amides is 2. The Morgan fingerprint density at radius 3 is 2.70 bits per heavy atom. The van der Waals surface area contributed by atoms with Crippen LogP contribution in [0.5, 0.6) is 0 Å². The molecular weight excluding hydrogens is 258 g/mol. The topological polar surface area (TPSA) is 71.0 Å². The summed E-state index contributed by atoms with van der Waals surface area (Å²) in [5, 5.41) is 2.70. The Balaban J connectivity index is 2.73. The molecule has 114 valence electrons. The lowest BCUT2D eigenvalue weighted by Crippen LogP contribution is -2.48. The average molecular weight is 283 g/mol. The number of carbonyl (C=O) groups is 2. The Bertz CT molecular complexity index is 395. The van der Waals surface area contributed by atoms with Gasteiger partial charge in [0.15, 0.2) is 5.54 Å². The Morgan fingerprint density at radius 2 is 2.15 bits per heavy atom. The highest BCUT2D eigenvalue weighted by Crippen LogP contribution is 2.24. The lowest BCUT2D eigenvalue weighted by Gasteiger charge is -2.22. The highest BCUT2D eigenvalue weighted by molar-refractivity contribution is 6.08. The van der Waals surface area contributed by atoms with Crippen molar-refractivity contribution < 1.29 is 14.3 Å². The first kappa shape index (κ1) is 16.6. The molecule has 0 aliphatic carbocycles. The molecular formula is C14H25N3O3. The van der Waals surface area contributed by atoms with Crippen LogP contribution in [0.25, 0.3) is 0 Å². The van der Waals surface area contributed by atoms with Crippen LogP contribution in [0.1, 0.15) is 40.0 Å². The molecule has 0 aromatic heterocycles. The number of likely N-dealkylation sites (N-methyl/N-ethyl adjacent to an activating group) is 1. The number of carbonyl (C=O) groups excluding carboxylic acids is 2. The van der Waals surface area contributed by atoms with Crippen LogP contribution < -0.4 is 5.32 Å². The lowest BCUT2D eigenvalue weighted by molar-refractivity contribution is -0.131. The lowest BCUT2D eigenvalue weighted by atomic mass is 10.0. The first-order valence-corrected chi connectivity index (χ1v) is 7.14. The average Bonchev–Trinajstić information content (AvgIpc) is 2.66. The third-order valence-corrected chi connectivity index (χ3v) is 3.37. The van der Waals surface area contributed by atoms with E-state index in [1.54, 1.807) is 11.8 Å². The number of nitrogens with zero attached hydrogens (tertiary/aromatic N) is 2. The van der Waals surface area contributed by atoms with Crippen molar-refractivity contribution in [2.75, 3.05) is 26.8 Å². The summed E-state index contributed by atoms with van der Waals surface area (Å²) in [6.07, 6.45) is 2.87. The van der Waals surface area contributed by atoms with Gasteiger partial charge in [-0.3, -0.25) is 19.5 Å². The molecule has 1 rings (SSSR count). The van der Waals surface area contributed by atoms with Crippen LogP contribution in [0.2, 0.25) is 0 Å². The zero-order valence-electron chi connectivity index (χ0n) is 12.9. The molecule has 6 heteroatoms. The minimum atomic E-state index is -0.886. The number of rotatable bonds is 8. The van der Waals surface area contributed by atoms with E-state index in [2.05, 4.69) is 17.2 Å². The molecule has 1 aliphatic rings. The second-order valence-corrected chi connectivity index (χ2v) is 5.16. The molecule has 1 heterocycles. The Kier molecular flexibility index (Phi) is 6.13. The van der Waals surface area contributed by atoms with Crippen molar-refractivity contribution in [2.24, 2.45) is 4.99 Å². The van der Waals surface area contributed by atoms with E-state index in [0.29, 0.717) is 6.54 Å². The number of amidine groups is 1. The highest BCUT2D eigenvalue weighted by atomic mass is 16.5. The molecule has 0 aromatic rings. The fourth-order valence-electron chi connectivity index (χ4n) is 2.22. The maximum absolute atomic E-state index is 12.4. The first-order valence-electron chi connectivity index (χ1n) is 7.14. The number of nitrogens with one attached hydrogen (secondary N) is 1. The Morgan fingerprint density at radius 1 is 1.45 bits per heavy atom. The van der Waals surface area contributed by atoms with E-state index in [0.717, 1.165) is 25.1 Å². The molecule has 2 amide bonds. The fourth-order valence-corrected chi connectivity index (χ4v) is 2.22. The summed E-state index contributed by atoms with van der Waals surface area (Å²) in [5.41, 5.74) is -0.886. The molecule has 0 aromatic carbocycles. The van der Waals surface area contributed by atoms with Crippen molar-refractivity contribution in [1.82, 2.24) is 10.2 Å². The van der Waals surface area contributed by atoms with E-state index in [4.69, 9.17) is 4.74 Å². The van der Waals surface area contributed by atoms with Gasteiger partial charge in [-0.2, -0.15) is 0 Å². The van der Waals surface area contributed by atoms with Crippen LogP contribution in [0.15, 0.2) is 4.99 Å². The standard InChI is InChI=1S/C14H25N3O3/c1-5-7-8-11-16-14(3,13(19)17(11)6-2)10-15-12(18)9-20-4/h5-10H2,1-4H3,(H,15,18). The summed E-state index contributed by atoms with van der Waals surface area (Å²) in [6, 6.07) is 0. The molecule has 0 bridgehead atoms. The third kappa shape index (κ3) is 3.79. The van der Waals surface area contributed by atoms with Gasteiger partial charge in [0, 0.05) is 20.1 Å². The molecule has 0 saturated carbocycles. The Hall–Kier alpha value is -1.43. The van der Waals surface area contributed by atoms with Crippen LogP contribution in [0, 0.1) is 0 Å². The van der Waals surface area contributed by atoms with Gasteiger partial charge in [-0.05, 0) is 20.3 Å². The molecule has 0 radical (unpaired) electrons. The van der Waals surface area contributed by atoms with Crippen molar-refractivity contribution in [2.45, 2.75) is 45.6 Å². The maximum atomic E-state index is 12.4. The van der Waals surface area contributed by atoms with Crippen LogP contribution in [-0.4, -0.2) is 54.9 Å². The van der Waals surface area contributed by atoms with Crippen LogP contribution in [0.4, 0.5) is 0 Å².